The summed E-state index contributed by atoms with van der Waals surface area (Å²) in [5, 5.41) is 19.2. The van der Waals surface area contributed by atoms with Crippen molar-refractivity contribution in [2.24, 2.45) is 5.73 Å². The highest BCUT2D eigenvalue weighted by Gasteiger charge is 2.17. The van der Waals surface area contributed by atoms with Crippen molar-refractivity contribution in [1.82, 2.24) is 4.98 Å². The summed E-state index contributed by atoms with van der Waals surface area (Å²) in [6.45, 7) is -0.0113. The second-order valence-corrected chi connectivity index (χ2v) is 4.53. The van der Waals surface area contributed by atoms with Crippen LogP contribution in [0, 0.1) is 0 Å². The maximum atomic E-state index is 11.1. The molecule has 2 rings (SSSR count). The summed E-state index contributed by atoms with van der Waals surface area (Å²) in [6.07, 6.45) is -2.01. The van der Waals surface area contributed by atoms with E-state index in [0.29, 0.717) is 5.56 Å². The molecule has 1 heterocycles. The van der Waals surface area contributed by atoms with Crippen molar-refractivity contribution in [2.75, 3.05) is 6.54 Å². The van der Waals surface area contributed by atoms with Crippen LogP contribution in [0.5, 0.6) is 0 Å². The first-order valence-electron chi connectivity index (χ1n) is 4.81. The van der Waals surface area contributed by atoms with Crippen LogP contribution < -0.4 is 10.6 Å². The van der Waals surface area contributed by atoms with E-state index in [9.17, 15) is 15.0 Å². The van der Waals surface area contributed by atoms with Crippen molar-refractivity contribution >= 4 is 21.6 Å². The SMILES string of the molecule is NCC(O)C(O)c1ccc2[nH]c(=O)sc2c1. The van der Waals surface area contributed by atoms with Crippen molar-refractivity contribution in [3.63, 3.8) is 0 Å². The lowest BCUT2D eigenvalue weighted by Gasteiger charge is -2.16. The summed E-state index contributed by atoms with van der Waals surface area (Å²) in [5.41, 5.74) is 6.55. The molecule has 0 saturated carbocycles. The van der Waals surface area contributed by atoms with E-state index in [2.05, 4.69) is 4.98 Å². The van der Waals surface area contributed by atoms with E-state index < -0.39 is 12.2 Å². The molecule has 2 atom stereocenters. The molecular weight excluding hydrogens is 228 g/mol. The average molecular weight is 240 g/mol. The van der Waals surface area contributed by atoms with Crippen LogP contribution in [0.15, 0.2) is 23.0 Å². The number of aromatic amines is 1. The Kier molecular flexibility index (Phi) is 3.06. The molecule has 2 aromatic rings. The van der Waals surface area contributed by atoms with Gasteiger partial charge in [-0.05, 0) is 17.7 Å². The first-order valence-corrected chi connectivity index (χ1v) is 5.62. The van der Waals surface area contributed by atoms with Gasteiger partial charge < -0.3 is 20.9 Å². The molecule has 0 bridgehead atoms. The Labute approximate surface area is 95.2 Å². The highest BCUT2D eigenvalue weighted by molar-refractivity contribution is 7.16. The van der Waals surface area contributed by atoms with Crippen molar-refractivity contribution in [2.45, 2.75) is 12.2 Å². The number of hydrogen-bond donors (Lipinski definition) is 4. The van der Waals surface area contributed by atoms with Gasteiger partial charge in [-0.3, -0.25) is 4.79 Å². The third-order valence-corrected chi connectivity index (χ3v) is 3.24. The van der Waals surface area contributed by atoms with Crippen molar-refractivity contribution in [3.05, 3.63) is 33.4 Å². The molecule has 16 heavy (non-hydrogen) atoms. The fraction of sp³-hybridized carbons (Fsp3) is 0.300. The number of nitrogens with two attached hydrogens (primary N) is 1. The van der Waals surface area contributed by atoms with E-state index in [1.54, 1.807) is 18.2 Å². The molecule has 0 saturated heterocycles. The normalized spacial score (nSPS) is 15.2. The first-order chi connectivity index (χ1) is 7.61. The van der Waals surface area contributed by atoms with E-state index in [0.717, 1.165) is 21.6 Å². The minimum absolute atomic E-state index is 0.0113. The fourth-order valence-corrected chi connectivity index (χ4v) is 2.28. The number of thiazole rings is 1. The van der Waals surface area contributed by atoms with Gasteiger partial charge >= 0.3 is 4.87 Å². The average Bonchev–Trinajstić information content (AvgIpc) is 2.65. The summed E-state index contributed by atoms with van der Waals surface area (Å²) in [4.78, 5) is 13.6. The number of fused-ring (bicyclic) bond motifs is 1. The Morgan fingerprint density at radius 3 is 2.88 bits per heavy atom. The van der Waals surface area contributed by atoms with Gasteiger partial charge in [-0.1, -0.05) is 17.4 Å². The summed E-state index contributed by atoms with van der Waals surface area (Å²) in [5.74, 6) is 0. The molecule has 0 spiro atoms. The molecule has 0 amide bonds. The standard InChI is InChI=1S/C10H12N2O3S/c11-4-7(13)9(14)5-1-2-6-8(3-5)16-10(15)12-6/h1-3,7,9,13-14H,4,11H2,(H,12,15). The van der Waals surface area contributed by atoms with Gasteiger partial charge in [0.2, 0.25) is 0 Å². The van der Waals surface area contributed by atoms with Crippen LogP contribution >= 0.6 is 11.3 Å². The predicted octanol–water partition coefficient (Wildman–Crippen LogP) is -0.0574. The van der Waals surface area contributed by atoms with E-state index in [1.165, 1.54) is 0 Å². The van der Waals surface area contributed by atoms with Crippen molar-refractivity contribution < 1.29 is 10.2 Å². The number of nitrogens with one attached hydrogen (secondary N) is 1. The molecule has 5 nitrogen and oxygen atoms in total. The molecule has 1 aromatic carbocycles. The van der Waals surface area contributed by atoms with Crippen LogP contribution in [-0.4, -0.2) is 27.8 Å². The van der Waals surface area contributed by atoms with Crippen LogP contribution in [0.25, 0.3) is 10.2 Å². The summed E-state index contributed by atoms with van der Waals surface area (Å²) in [7, 11) is 0. The molecule has 5 N–H and O–H groups in total. The van der Waals surface area contributed by atoms with Gasteiger partial charge in [0, 0.05) is 6.54 Å². The maximum absolute atomic E-state index is 11.1. The van der Waals surface area contributed by atoms with Gasteiger partial charge in [-0.15, -0.1) is 0 Å². The van der Waals surface area contributed by atoms with E-state index in [4.69, 9.17) is 5.73 Å². The second kappa shape index (κ2) is 4.34. The van der Waals surface area contributed by atoms with Gasteiger partial charge in [0.25, 0.3) is 0 Å². The number of aromatic nitrogens is 1. The number of aliphatic hydroxyl groups is 2. The Morgan fingerprint density at radius 1 is 1.44 bits per heavy atom. The molecule has 0 aliphatic rings. The van der Waals surface area contributed by atoms with Crippen LogP contribution in [0.2, 0.25) is 0 Å². The monoisotopic (exact) mass is 240 g/mol. The number of rotatable bonds is 3. The molecule has 0 aliphatic carbocycles. The molecular formula is C10H12N2O3S. The Hall–Kier alpha value is -1.21. The Bertz CT molecular complexity index is 548. The van der Waals surface area contributed by atoms with Crippen LogP contribution in [-0.2, 0) is 0 Å². The minimum Gasteiger partial charge on any atom is -0.389 e. The van der Waals surface area contributed by atoms with Gasteiger partial charge in [0.05, 0.1) is 16.3 Å². The van der Waals surface area contributed by atoms with Crippen LogP contribution in [0.4, 0.5) is 0 Å². The van der Waals surface area contributed by atoms with Crippen LogP contribution in [0.1, 0.15) is 11.7 Å². The quantitative estimate of drug-likeness (QED) is 0.604. The molecule has 1 aromatic heterocycles. The minimum atomic E-state index is -1.02. The first kappa shape index (κ1) is 11.3. The number of H-pyrrole nitrogens is 1. The largest absolute Gasteiger partial charge is 0.389 e. The molecule has 6 heteroatoms. The summed E-state index contributed by atoms with van der Waals surface area (Å²) in [6, 6.07) is 5.05. The topological polar surface area (TPSA) is 99.3 Å². The predicted molar refractivity (Wildman–Crippen MR) is 62.5 cm³/mol. The van der Waals surface area contributed by atoms with Gasteiger partial charge in [-0.25, -0.2) is 0 Å². The van der Waals surface area contributed by atoms with Gasteiger partial charge in [-0.2, -0.15) is 0 Å². The molecule has 0 aliphatic heterocycles. The maximum Gasteiger partial charge on any atom is 0.305 e. The Morgan fingerprint density at radius 2 is 2.19 bits per heavy atom. The molecule has 86 valence electrons. The number of hydrogen-bond acceptors (Lipinski definition) is 5. The van der Waals surface area contributed by atoms with Crippen molar-refractivity contribution in [3.8, 4) is 0 Å². The lowest BCUT2D eigenvalue weighted by molar-refractivity contribution is 0.0244. The van der Waals surface area contributed by atoms with Gasteiger partial charge in [0.15, 0.2) is 0 Å². The molecule has 2 unspecified atom stereocenters. The summed E-state index contributed by atoms with van der Waals surface area (Å²) < 4.78 is 0.755. The Balaban J connectivity index is 2.42. The zero-order chi connectivity index (χ0) is 11.7. The highest BCUT2D eigenvalue weighted by Crippen LogP contribution is 2.22. The molecule has 0 radical (unpaired) electrons. The van der Waals surface area contributed by atoms with E-state index in [-0.39, 0.29) is 11.4 Å². The summed E-state index contributed by atoms with van der Waals surface area (Å²) >= 11 is 1.07. The van der Waals surface area contributed by atoms with Crippen molar-refractivity contribution in [1.29, 1.82) is 0 Å². The van der Waals surface area contributed by atoms with E-state index in [1.807, 2.05) is 0 Å². The van der Waals surface area contributed by atoms with Crippen LogP contribution in [0.3, 0.4) is 0 Å². The second-order valence-electron chi connectivity index (χ2n) is 3.52. The third kappa shape index (κ3) is 2.00. The molecule has 0 fully saturated rings. The fourth-order valence-electron chi connectivity index (χ4n) is 1.50. The lowest BCUT2D eigenvalue weighted by Crippen LogP contribution is -2.27. The number of aliphatic hydroxyl groups excluding tert-OH is 2. The highest BCUT2D eigenvalue weighted by atomic mass is 32.1. The third-order valence-electron chi connectivity index (χ3n) is 2.39. The van der Waals surface area contributed by atoms with Gasteiger partial charge in [0.1, 0.15) is 6.10 Å². The zero-order valence-electron chi connectivity index (χ0n) is 8.38. The van der Waals surface area contributed by atoms with E-state index >= 15 is 0 Å². The zero-order valence-corrected chi connectivity index (χ0v) is 9.20. The smallest absolute Gasteiger partial charge is 0.305 e. The lowest BCUT2D eigenvalue weighted by atomic mass is 10.0. The number of benzene rings is 1.